The molecule has 1 aliphatic rings. The predicted molar refractivity (Wildman–Crippen MR) is 34.5 cm³/mol. The molecule has 1 heterocycles. The summed E-state index contributed by atoms with van der Waals surface area (Å²) >= 11 is 1.98. The van der Waals surface area contributed by atoms with Crippen LogP contribution in [0, 0.1) is 0 Å². The van der Waals surface area contributed by atoms with Gasteiger partial charge in [0, 0.05) is 11.3 Å². The number of thioether (sulfide) groups is 1. The summed E-state index contributed by atoms with van der Waals surface area (Å²) in [5.74, 6) is 1.27. The Morgan fingerprint density at radius 3 is 2.57 bits per heavy atom. The second-order valence-corrected chi connectivity index (χ2v) is 3.51. The first kappa shape index (κ1) is 5.45. The third-order valence-corrected chi connectivity index (χ3v) is 2.78. The average molecular weight is 117 g/mol. The molecule has 7 heavy (non-hydrogen) atoms. The molecule has 2 N–H and O–H groups in total. The molecule has 1 rings (SSSR count). The largest absolute Gasteiger partial charge is 0.327 e. The molecule has 0 amide bonds. The van der Waals surface area contributed by atoms with Crippen molar-refractivity contribution < 1.29 is 0 Å². The Bertz CT molecular complexity index is 57.1. The van der Waals surface area contributed by atoms with Crippen molar-refractivity contribution in [2.24, 2.45) is 5.73 Å². The van der Waals surface area contributed by atoms with E-state index in [0.29, 0.717) is 11.3 Å². The van der Waals surface area contributed by atoms with Gasteiger partial charge in [-0.1, -0.05) is 6.92 Å². The van der Waals surface area contributed by atoms with Crippen molar-refractivity contribution in [1.82, 2.24) is 0 Å². The van der Waals surface area contributed by atoms with Crippen LogP contribution in [0.15, 0.2) is 0 Å². The molecule has 1 aliphatic heterocycles. The maximum Gasteiger partial charge on any atom is 0.0171 e. The lowest BCUT2D eigenvalue weighted by Gasteiger charge is -2.04. The lowest BCUT2D eigenvalue weighted by molar-refractivity contribution is 0.677. The van der Waals surface area contributed by atoms with E-state index in [2.05, 4.69) is 6.92 Å². The van der Waals surface area contributed by atoms with E-state index in [1.54, 1.807) is 0 Å². The maximum absolute atomic E-state index is 5.66. The highest BCUT2D eigenvalue weighted by molar-refractivity contribution is 8.00. The van der Waals surface area contributed by atoms with Crippen LogP contribution < -0.4 is 5.73 Å². The summed E-state index contributed by atoms with van der Waals surface area (Å²) < 4.78 is 0. The highest BCUT2D eigenvalue weighted by Crippen LogP contribution is 2.23. The smallest absolute Gasteiger partial charge is 0.0171 e. The second-order valence-electron chi connectivity index (χ2n) is 2.03. The van der Waals surface area contributed by atoms with Crippen LogP contribution in [0.1, 0.15) is 13.3 Å². The highest BCUT2D eigenvalue weighted by atomic mass is 32.2. The van der Waals surface area contributed by atoms with E-state index >= 15 is 0 Å². The summed E-state index contributed by atoms with van der Waals surface area (Å²) in [6, 6.07) is 0.477. The van der Waals surface area contributed by atoms with Crippen molar-refractivity contribution in [3.05, 3.63) is 0 Å². The zero-order valence-corrected chi connectivity index (χ0v) is 5.37. The minimum absolute atomic E-state index is 0.477. The normalized spacial score (nSPS) is 42.0. The van der Waals surface area contributed by atoms with Crippen LogP contribution in [0.2, 0.25) is 0 Å². The van der Waals surface area contributed by atoms with Gasteiger partial charge in [-0.3, -0.25) is 0 Å². The first-order valence-corrected chi connectivity index (χ1v) is 3.73. The summed E-state index contributed by atoms with van der Waals surface area (Å²) in [5, 5.41) is 0.708. The molecule has 0 saturated carbocycles. The Kier molecular flexibility index (Phi) is 1.60. The predicted octanol–water partition coefficient (Wildman–Crippen LogP) is 0.839. The molecule has 0 aromatic heterocycles. The van der Waals surface area contributed by atoms with Crippen LogP contribution in [0.4, 0.5) is 0 Å². The van der Waals surface area contributed by atoms with E-state index in [1.165, 1.54) is 12.2 Å². The minimum Gasteiger partial charge on any atom is -0.327 e. The van der Waals surface area contributed by atoms with Crippen molar-refractivity contribution in [1.29, 1.82) is 0 Å². The number of nitrogens with two attached hydrogens (primary N) is 1. The molecule has 0 unspecified atom stereocenters. The molecule has 0 spiro atoms. The molecule has 1 saturated heterocycles. The molecule has 0 bridgehead atoms. The van der Waals surface area contributed by atoms with Gasteiger partial charge in [0.25, 0.3) is 0 Å². The minimum atomic E-state index is 0.477. The van der Waals surface area contributed by atoms with Crippen molar-refractivity contribution in [2.45, 2.75) is 24.6 Å². The molecule has 1 nitrogen and oxygen atoms in total. The quantitative estimate of drug-likeness (QED) is 0.509. The fourth-order valence-corrected chi connectivity index (χ4v) is 1.91. The van der Waals surface area contributed by atoms with Crippen LogP contribution in [0.3, 0.4) is 0 Å². The van der Waals surface area contributed by atoms with E-state index in [1.807, 2.05) is 11.8 Å². The molecule has 2 atom stereocenters. The zero-order chi connectivity index (χ0) is 5.28. The molecule has 0 aromatic rings. The van der Waals surface area contributed by atoms with Gasteiger partial charge in [0.15, 0.2) is 0 Å². The summed E-state index contributed by atoms with van der Waals surface area (Å²) in [6.07, 6.45) is 1.21. The lowest BCUT2D eigenvalue weighted by Crippen LogP contribution is -2.24. The molecular formula is C5H11NS. The summed E-state index contributed by atoms with van der Waals surface area (Å²) in [6.45, 7) is 2.20. The second kappa shape index (κ2) is 2.05. The Labute approximate surface area is 48.7 Å². The first-order chi connectivity index (χ1) is 3.30. The molecule has 0 aromatic carbocycles. The molecule has 0 aliphatic carbocycles. The van der Waals surface area contributed by atoms with E-state index in [0.717, 1.165) is 0 Å². The van der Waals surface area contributed by atoms with E-state index in [9.17, 15) is 0 Å². The third-order valence-electron chi connectivity index (χ3n) is 1.43. The van der Waals surface area contributed by atoms with Gasteiger partial charge in [-0.2, -0.15) is 11.8 Å². The van der Waals surface area contributed by atoms with Gasteiger partial charge in [0.05, 0.1) is 0 Å². The van der Waals surface area contributed by atoms with Crippen molar-refractivity contribution in [3.63, 3.8) is 0 Å². The number of hydrogen-bond donors (Lipinski definition) is 1. The van der Waals surface area contributed by atoms with Crippen molar-refractivity contribution in [2.75, 3.05) is 5.75 Å². The SMILES string of the molecule is C[C@H]1SCC[C@H]1N. The summed E-state index contributed by atoms with van der Waals surface area (Å²) in [5.41, 5.74) is 5.66. The standard InChI is InChI=1S/C5H11NS/c1-4-5(6)2-3-7-4/h4-5H,2-3,6H2,1H3/t4-,5-/m1/s1. The molecular weight excluding hydrogens is 106 g/mol. The van der Waals surface area contributed by atoms with Gasteiger partial charge in [-0.05, 0) is 12.2 Å². The van der Waals surface area contributed by atoms with Crippen molar-refractivity contribution >= 4 is 11.8 Å². The van der Waals surface area contributed by atoms with Gasteiger partial charge in [-0.15, -0.1) is 0 Å². The molecule has 2 heteroatoms. The van der Waals surface area contributed by atoms with Crippen LogP contribution in [-0.2, 0) is 0 Å². The van der Waals surface area contributed by atoms with Crippen LogP contribution in [0.25, 0.3) is 0 Å². The van der Waals surface area contributed by atoms with Gasteiger partial charge in [0.2, 0.25) is 0 Å². The van der Waals surface area contributed by atoms with Crippen LogP contribution in [0.5, 0.6) is 0 Å². The zero-order valence-electron chi connectivity index (χ0n) is 4.55. The Hall–Kier alpha value is 0.310. The van der Waals surface area contributed by atoms with Crippen molar-refractivity contribution in [3.8, 4) is 0 Å². The summed E-state index contributed by atoms with van der Waals surface area (Å²) in [4.78, 5) is 0. The molecule has 0 radical (unpaired) electrons. The van der Waals surface area contributed by atoms with E-state index < -0.39 is 0 Å². The average Bonchev–Trinajstić information content (AvgIpc) is 1.91. The number of rotatable bonds is 0. The Morgan fingerprint density at radius 1 is 1.71 bits per heavy atom. The monoisotopic (exact) mass is 117 g/mol. The molecule has 42 valence electrons. The first-order valence-electron chi connectivity index (χ1n) is 2.68. The van der Waals surface area contributed by atoms with Gasteiger partial charge >= 0.3 is 0 Å². The van der Waals surface area contributed by atoms with Gasteiger partial charge < -0.3 is 5.73 Å². The summed E-state index contributed by atoms with van der Waals surface area (Å²) in [7, 11) is 0. The highest BCUT2D eigenvalue weighted by Gasteiger charge is 2.18. The maximum atomic E-state index is 5.66. The fraction of sp³-hybridized carbons (Fsp3) is 1.00. The van der Waals surface area contributed by atoms with E-state index in [-0.39, 0.29) is 0 Å². The third kappa shape index (κ3) is 1.10. The Balaban J connectivity index is 2.33. The van der Waals surface area contributed by atoms with Gasteiger partial charge in [-0.25, -0.2) is 0 Å². The molecule has 1 fully saturated rings. The fourth-order valence-electron chi connectivity index (χ4n) is 0.748. The lowest BCUT2D eigenvalue weighted by atomic mass is 10.2. The van der Waals surface area contributed by atoms with Crippen LogP contribution >= 0.6 is 11.8 Å². The van der Waals surface area contributed by atoms with E-state index in [4.69, 9.17) is 5.73 Å². The number of hydrogen-bond acceptors (Lipinski definition) is 2. The topological polar surface area (TPSA) is 26.0 Å². The van der Waals surface area contributed by atoms with Gasteiger partial charge in [0.1, 0.15) is 0 Å². The Morgan fingerprint density at radius 2 is 2.43 bits per heavy atom. The van der Waals surface area contributed by atoms with Crippen LogP contribution in [-0.4, -0.2) is 17.0 Å².